The first-order valence-corrected chi connectivity index (χ1v) is 7.58. The van der Waals surface area contributed by atoms with Crippen molar-refractivity contribution in [2.45, 2.75) is 26.8 Å². The van der Waals surface area contributed by atoms with Gasteiger partial charge < -0.3 is 15.2 Å². The van der Waals surface area contributed by atoms with Gasteiger partial charge in [0.05, 0.1) is 7.11 Å². The van der Waals surface area contributed by atoms with Gasteiger partial charge in [-0.15, -0.1) is 0 Å². The standard InChI is InChI=1S/C19H21NO4/c1-11-7-12(2)9-15(8-11)17(19(22)23)20-18(21)14-6-5-13(3)16(10-14)24-4/h5-10,17H,1-4H3,(H,20,21)(H,22,23). The predicted molar refractivity (Wildman–Crippen MR) is 91.5 cm³/mol. The van der Waals surface area contributed by atoms with Gasteiger partial charge in [-0.05, 0) is 44.0 Å². The molecule has 2 rings (SSSR count). The molecule has 0 bridgehead atoms. The third-order valence-electron chi connectivity index (χ3n) is 3.77. The summed E-state index contributed by atoms with van der Waals surface area (Å²) < 4.78 is 5.21. The Balaban J connectivity index is 2.31. The maximum atomic E-state index is 12.5. The minimum Gasteiger partial charge on any atom is -0.496 e. The maximum absolute atomic E-state index is 12.5. The number of aryl methyl sites for hydroxylation is 3. The molecule has 24 heavy (non-hydrogen) atoms. The van der Waals surface area contributed by atoms with Gasteiger partial charge >= 0.3 is 5.97 Å². The van der Waals surface area contributed by atoms with Crippen LogP contribution in [-0.2, 0) is 4.79 Å². The number of hydrogen-bond acceptors (Lipinski definition) is 3. The molecule has 2 N–H and O–H groups in total. The van der Waals surface area contributed by atoms with E-state index in [1.807, 2.05) is 26.8 Å². The van der Waals surface area contributed by atoms with Crippen LogP contribution in [0.2, 0.25) is 0 Å². The Morgan fingerprint density at radius 1 is 1.04 bits per heavy atom. The molecule has 2 aromatic rings. The number of carbonyl (C=O) groups excluding carboxylic acids is 1. The number of carboxylic acid groups (broad SMARTS) is 1. The Bertz CT molecular complexity index is 763. The molecule has 0 aliphatic rings. The first-order chi connectivity index (χ1) is 11.3. The van der Waals surface area contributed by atoms with E-state index in [2.05, 4.69) is 5.32 Å². The molecule has 0 saturated heterocycles. The van der Waals surface area contributed by atoms with Crippen LogP contribution >= 0.6 is 0 Å². The van der Waals surface area contributed by atoms with Crippen molar-refractivity contribution >= 4 is 11.9 Å². The molecule has 0 heterocycles. The molecule has 0 aliphatic heterocycles. The van der Waals surface area contributed by atoms with Crippen molar-refractivity contribution in [3.05, 3.63) is 64.2 Å². The molecule has 1 unspecified atom stereocenters. The van der Waals surface area contributed by atoms with Crippen molar-refractivity contribution in [1.29, 1.82) is 0 Å². The van der Waals surface area contributed by atoms with Crippen LogP contribution in [0.4, 0.5) is 0 Å². The van der Waals surface area contributed by atoms with Gasteiger partial charge in [-0.3, -0.25) is 4.79 Å². The second-order valence-corrected chi connectivity index (χ2v) is 5.85. The van der Waals surface area contributed by atoms with Crippen LogP contribution in [0.5, 0.6) is 5.75 Å². The second kappa shape index (κ2) is 7.17. The summed E-state index contributed by atoms with van der Waals surface area (Å²) in [4.78, 5) is 24.1. The first kappa shape index (κ1) is 17.5. The lowest BCUT2D eigenvalue weighted by Gasteiger charge is -2.17. The van der Waals surface area contributed by atoms with Crippen LogP contribution in [-0.4, -0.2) is 24.1 Å². The molecule has 5 heteroatoms. The van der Waals surface area contributed by atoms with Gasteiger partial charge in [-0.25, -0.2) is 4.79 Å². The van der Waals surface area contributed by atoms with E-state index in [0.29, 0.717) is 16.9 Å². The molecule has 2 aromatic carbocycles. The molecule has 1 atom stereocenters. The third kappa shape index (κ3) is 3.93. The number of rotatable bonds is 5. The average Bonchev–Trinajstić information content (AvgIpc) is 2.51. The predicted octanol–water partition coefficient (Wildman–Crippen LogP) is 3.18. The van der Waals surface area contributed by atoms with Crippen molar-refractivity contribution in [1.82, 2.24) is 5.32 Å². The Hall–Kier alpha value is -2.82. The van der Waals surface area contributed by atoms with Crippen molar-refractivity contribution < 1.29 is 19.4 Å². The van der Waals surface area contributed by atoms with Gasteiger partial charge in [0, 0.05) is 5.56 Å². The SMILES string of the molecule is COc1cc(C(=O)NC(C(=O)O)c2cc(C)cc(C)c2)ccc1C. The number of methoxy groups -OCH3 is 1. The fraction of sp³-hybridized carbons (Fsp3) is 0.263. The lowest BCUT2D eigenvalue weighted by atomic mass is 10.0. The Morgan fingerprint density at radius 2 is 1.67 bits per heavy atom. The van der Waals surface area contributed by atoms with Crippen LogP contribution in [0.3, 0.4) is 0 Å². The molecule has 5 nitrogen and oxygen atoms in total. The van der Waals surface area contributed by atoms with Crippen molar-refractivity contribution in [3.63, 3.8) is 0 Å². The number of aliphatic carboxylic acids is 1. The van der Waals surface area contributed by atoms with Gasteiger partial charge in [0.1, 0.15) is 5.75 Å². The quantitative estimate of drug-likeness (QED) is 0.884. The van der Waals surface area contributed by atoms with Crippen LogP contribution in [0.15, 0.2) is 36.4 Å². The topological polar surface area (TPSA) is 75.6 Å². The van der Waals surface area contributed by atoms with Crippen molar-refractivity contribution in [3.8, 4) is 5.75 Å². The van der Waals surface area contributed by atoms with E-state index in [9.17, 15) is 14.7 Å². The summed E-state index contributed by atoms with van der Waals surface area (Å²) in [6, 6.07) is 9.39. The van der Waals surface area contributed by atoms with E-state index in [-0.39, 0.29) is 0 Å². The summed E-state index contributed by atoms with van der Waals surface area (Å²) in [7, 11) is 1.53. The van der Waals surface area contributed by atoms with Gasteiger partial charge in [-0.1, -0.05) is 35.4 Å². The van der Waals surface area contributed by atoms with Crippen LogP contribution in [0.1, 0.15) is 38.7 Å². The minimum absolute atomic E-state index is 0.355. The third-order valence-corrected chi connectivity index (χ3v) is 3.77. The number of nitrogens with one attached hydrogen (secondary N) is 1. The molecule has 0 radical (unpaired) electrons. The van der Waals surface area contributed by atoms with E-state index in [1.54, 1.807) is 30.3 Å². The van der Waals surface area contributed by atoms with Gasteiger partial charge in [-0.2, -0.15) is 0 Å². The Morgan fingerprint density at radius 3 is 2.21 bits per heavy atom. The normalized spacial score (nSPS) is 11.7. The summed E-state index contributed by atoms with van der Waals surface area (Å²) in [6.45, 7) is 5.65. The molecule has 126 valence electrons. The highest BCUT2D eigenvalue weighted by molar-refractivity contribution is 5.97. The van der Waals surface area contributed by atoms with E-state index < -0.39 is 17.9 Å². The van der Waals surface area contributed by atoms with Crippen LogP contribution in [0.25, 0.3) is 0 Å². The van der Waals surface area contributed by atoms with E-state index in [1.165, 1.54) is 7.11 Å². The highest BCUT2D eigenvalue weighted by atomic mass is 16.5. The zero-order valence-electron chi connectivity index (χ0n) is 14.2. The Labute approximate surface area is 141 Å². The number of carbonyl (C=O) groups is 2. The molecule has 0 fully saturated rings. The van der Waals surface area contributed by atoms with Crippen molar-refractivity contribution in [2.24, 2.45) is 0 Å². The van der Waals surface area contributed by atoms with E-state index in [0.717, 1.165) is 16.7 Å². The molecule has 0 aliphatic carbocycles. The lowest BCUT2D eigenvalue weighted by molar-refractivity contribution is -0.139. The zero-order chi connectivity index (χ0) is 17.9. The molecule has 0 saturated carbocycles. The number of carboxylic acids is 1. The summed E-state index contributed by atoms with van der Waals surface area (Å²) in [5.74, 6) is -0.979. The van der Waals surface area contributed by atoms with Gasteiger partial charge in [0.25, 0.3) is 5.91 Å². The van der Waals surface area contributed by atoms with Gasteiger partial charge in [0.15, 0.2) is 6.04 Å². The molecular weight excluding hydrogens is 306 g/mol. The molecule has 0 spiro atoms. The summed E-state index contributed by atoms with van der Waals surface area (Å²) >= 11 is 0. The molecular formula is C19H21NO4. The lowest BCUT2D eigenvalue weighted by Crippen LogP contribution is -2.33. The summed E-state index contributed by atoms with van der Waals surface area (Å²) in [5.41, 5.74) is 3.70. The fourth-order valence-electron chi connectivity index (χ4n) is 2.64. The molecule has 0 aromatic heterocycles. The highest BCUT2D eigenvalue weighted by Crippen LogP contribution is 2.21. The monoisotopic (exact) mass is 327 g/mol. The van der Waals surface area contributed by atoms with E-state index >= 15 is 0 Å². The number of hydrogen-bond donors (Lipinski definition) is 2. The largest absolute Gasteiger partial charge is 0.496 e. The first-order valence-electron chi connectivity index (χ1n) is 7.58. The number of benzene rings is 2. The van der Waals surface area contributed by atoms with E-state index in [4.69, 9.17) is 4.74 Å². The maximum Gasteiger partial charge on any atom is 0.330 e. The van der Waals surface area contributed by atoms with Crippen molar-refractivity contribution in [2.75, 3.05) is 7.11 Å². The summed E-state index contributed by atoms with van der Waals surface area (Å²) in [6.07, 6.45) is 0. The van der Waals surface area contributed by atoms with Crippen LogP contribution in [0, 0.1) is 20.8 Å². The average molecular weight is 327 g/mol. The fourth-order valence-corrected chi connectivity index (χ4v) is 2.64. The molecule has 1 amide bonds. The van der Waals surface area contributed by atoms with Crippen LogP contribution < -0.4 is 10.1 Å². The summed E-state index contributed by atoms with van der Waals surface area (Å²) in [5, 5.41) is 12.1. The zero-order valence-corrected chi connectivity index (χ0v) is 14.2. The smallest absolute Gasteiger partial charge is 0.330 e. The number of amides is 1. The highest BCUT2D eigenvalue weighted by Gasteiger charge is 2.23. The second-order valence-electron chi connectivity index (χ2n) is 5.85. The van der Waals surface area contributed by atoms with Gasteiger partial charge in [0.2, 0.25) is 0 Å². The number of ether oxygens (including phenoxy) is 1. The Kier molecular flexibility index (Phi) is 5.24. The minimum atomic E-state index is -1.11.